The summed E-state index contributed by atoms with van der Waals surface area (Å²) in [6, 6.07) is 7.83. The van der Waals surface area contributed by atoms with E-state index in [0.29, 0.717) is 23.9 Å². The van der Waals surface area contributed by atoms with E-state index in [-0.39, 0.29) is 24.4 Å². The van der Waals surface area contributed by atoms with Crippen LogP contribution in [-0.2, 0) is 11.3 Å². The lowest BCUT2D eigenvalue weighted by Gasteiger charge is -2.14. The van der Waals surface area contributed by atoms with Gasteiger partial charge in [-0.3, -0.25) is 4.79 Å². The van der Waals surface area contributed by atoms with Crippen molar-refractivity contribution in [3.63, 3.8) is 0 Å². The Balaban J connectivity index is 0.00000225. The van der Waals surface area contributed by atoms with E-state index in [4.69, 9.17) is 17.3 Å². The molecule has 1 aliphatic carbocycles. The van der Waals surface area contributed by atoms with Crippen LogP contribution in [0.1, 0.15) is 35.6 Å². The zero-order valence-corrected chi connectivity index (χ0v) is 16.5. The van der Waals surface area contributed by atoms with Gasteiger partial charge in [-0.2, -0.15) is 0 Å². The smallest absolute Gasteiger partial charge is 0.220 e. The third-order valence-corrected chi connectivity index (χ3v) is 5.78. The molecule has 25 heavy (non-hydrogen) atoms. The van der Waals surface area contributed by atoms with Crippen molar-refractivity contribution in [3.05, 3.63) is 39.2 Å². The fourth-order valence-corrected chi connectivity index (χ4v) is 4.23. The molecule has 3 rings (SSSR count). The van der Waals surface area contributed by atoms with Crippen LogP contribution in [0.2, 0.25) is 5.02 Å². The van der Waals surface area contributed by atoms with Crippen LogP contribution >= 0.6 is 35.3 Å². The molecular formula is C18H23Cl2N3OS. The van der Waals surface area contributed by atoms with Crippen LogP contribution in [0.3, 0.4) is 0 Å². The molecule has 0 spiro atoms. The predicted octanol–water partition coefficient (Wildman–Crippen LogP) is 4.33. The maximum atomic E-state index is 12.1. The van der Waals surface area contributed by atoms with Gasteiger partial charge in [-0.05, 0) is 37.8 Å². The molecule has 0 saturated heterocycles. The van der Waals surface area contributed by atoms with Gasteiger partial charge in [0.25, 0.3) is 0 Å². The summed E-state index contributed by atoms with van der Waals surface area (Å²) in [5.41, 5.74) is 8.03. The van der Waals surface area contributed by atoms with Gasteiger partial charge in [0, 0.05) is 27.9 Å². The quantitative estimate of drug-likeness (QED) is 0.785. The summed E-state index contributed by atoms with van der Waals surface area (Å²) in [6.45, 7) is 2.52. The predicted molar refractivity (Wildman–Crippen MR) is 106 cm³/mol. The number of nitrogens with one attached hydrogen (secondary N) is 1. The average Bonchev–Trinajstić information content (AvgIpc) is 3.12. The number of benzene rings is 1. The van der Waals surface area contributed by atoms with E-state index in [1.54, 1.807) is 11.3 Å². The Morgan fingerprint density at radius 1 is 1.36 bits per heavy atom. The fraction of sp³-hybridized carbons (Fsp3) is 0.444. The molecule has 4 nitrogen and oxygen atoms in total. The first-order chi connectivity index (χ1) is 11.5. The number of aryl methyl sites for hydroxylation is 1. The second kappa shape index (κ2) is 8.99. The number of carbonyl (C=O) groups excluding carboxylic acids is 1. The van der Waals surface area contributed by atoms with Gasteiger partial charge >= 0.3 is 0 Å². The molecule has 1 amide bonds. The highest BCUT2D eigenvalue weighted by molar-refractivity contribution is 7.12. The molecule has 1 aromatic heterocycles. The molecule has 2 aromatic rings. The lowest BCUT2D eigenvalue weighted by atomic mass is 10.00. The minimum atomic E-state index is 0. The molecule has 1 aliphatic rings. The summed E-state index contributed by atoms with van der Waals surface area (Å²) in [7, 11) is 0. The van der Waals surface area contributed by atoms with E-state index >= 15 is 0 Å². The number of nitrogens with zero attached hydrogens (tertiary/aromatic N) is 1. The van der Waals surface area contributed by atoms with E-state index in [1.165, 1.54) is 0 Å². The number of carbonyl (C=O) groups is 1. The number of hydrogen-bond acceptors (Lipinski definition) is 4. The number of nitrogens with two attached hydrogens (primary N) is 1. The molecule has 7 heteroatoms. The van der Waals surface area contributed by atoms with Crippen molar-refractivity contribution >= 4 is 41.3 Å². The van der Waals surface area contributed by atoms with Gasteiger partial charge in [0.1, 0.15) is 5.01 Å². The van der Waals surface area contributed by atoms with Crippen LogP contribution in [0, 0.1) is 12.8 Å². The third-order valence-electron chi connectivity index (χ3n) is 4.56. The minimum absolute atomic E-state index is 0. The Hall–Kier alpha value is -1.14. The van der Waals surface area contributed by atoms with Crippen LogP contribution in [0.4, 0.5) is 0 Å². The van der Waals surface area contributed by atoms with Crippen molar-refractivity contribution in [1.29, 1.82) is 0 Å². The van der Waals surface area contributed by atoms with Crippen LogP contribution in [0.15, 0.2) is 24.3 Å². The Morgan fingerprint density at radius 3 is 2.72 bits per heavy atom. The highest BCUT2D eigenvalue weighted by atomic mass is 35.5. The van der Waals surface area contributed by atoms with Crippen LogP contribution in [0.25, 0.3) is 11.3 Å². The number of thiazole rings is 1. The number of aromatic nitrogens is 1. The molecule has 136 valence electrons. The molecule has 0 bridgehead atoms. The van der Waals surface area contributed by atoms with Crippen molar-refractivity contribution in [2.45, 2.75) is 45.2 Å². The fourth-order valence-electron chi connectivity index (χ4n) is 3.21. The van der Waals surface area contributed by atoms with Crippen LogP contribution < -0.4 is 11.1 Å². The molecule has 3 N–H and O–H groups in total. The summed E-state index contributed by atoms with van der Waals surface area (Å²) in [4.78, 5) is 17.9. The van der Waals surface area contributed by atoms with Crippen molar-refractivity contribution in [2.24, 2.45) is 11.7 Å². The molecule has 2 atom stereocenters. The maximum absolute atomic E-state index is 12.1. The van der Waals surface area contributed by atoms with Crippen molar-refractivity contribution in [2.75, 3.05) is 0 Å². The van der Waals surface area contributed by atoms with E-state index in [2.05, 4.69) is 10.3 Å². The summed E-state index contributed by atoms with van der Waals surface area (Å²) in [5, 5.41) is 4.61. The summed E-state index contributed by atoms with van der Waals surface area (Å²) in [5.74, 6) is 0.394. The molecule has 1 heterocycles. The molecule has 1 saturated carbocycles. The summed E-state index contributed by atoms with van der Waals surface area (Å²) in [6.07, 6.45) is 3.75. The van der Waals surface area contributed by atoms with Crippen molar-refractivity contribution in [3.8, 4) is 11.3 Å². The van der Waals surface area contributed by atoms with Gasteiger partial charge in [-0.25, -0.2) is 4.98 Å². The first-order valence-corrected chi connectivity index (χ1v) is 9.47. The number of halogens is 2. The average molecular weight is 400 g/mol. The van der Waals surface area contributed by atoms with E-state index in [0.717, 1.165) is 40.4 Å². The molecule has 1 aromatic carbocycles. The summed E-state index contributed by atoms with van der Waals surface area (Å²) >= 11 is 7.55. The molecule has 0 unspecified atom stereocenters. The molecular weight excluding hydrogens is 377 g/mol. The van der Waals surface area contributed by atoms with E-state index in [9.17, 15) is 4.79 Å². The lowest BCUT2D eigenvalue weighted by molar-refractivity contribution is -0.122. The van der Waals surface area contributed by atoms with Gasteiger partial charge in [0.05, 0.1) is 12.2 Å². The first-order valence-electron chi connectivity index (χ1n) is 8.27. The van der Waals surface area contributed by atoms with Crippen LogP contribution in [-0.4, -0.2) is 16.9 Å². The second-order valence-corrected chi connectivity index (χ2v) is 8.08. The molecule has 1 fully saturated rings. The van der Waals surface area contributed by atoms with Gasteiger partial charge in [-0.15, -0.1) is 23.7 Å². The number of rotatable bonds is 5. The molecule has 0 aliphatic heterocycles. The normalized spacial score (nSPS) is 19.5. The zero-order chi connectivity index (χ0) is 17.1. The highest BCUT2D eigenvalue weighted by Gasteiger charge is 2.26. The standard InChI is InChI=1S/C18H22ClN3OS.ClH/c1-11-18(12-5-7-14(19)8-6-12)22-17(24-11)10-21-16(23)9-13-3-2-4-15(13)20;/h5-8,13,15H,2-4,9-10,20H2,1H3,(H,21,23);1H/t13-,15+;/m0./s1. The van der Waals surface area contributed by atoms with E-state index < -0.39 is 0 Å². The Labute approximate surface area is 163 Å². The largest absolute Gasteiger partial charge is 0.350 e. The third kappa shape index (κ3) is 5.17. The Morgan fingerprint density at radius 2 is 2.08 bits per heavy atom. The van der Waals surface area contributed by atoms with Crippen molar-refractivity contribution < 1.29 is 4.79 Å². The molecule has 0 radical (unpaired) electrons. The first kappa shape index (κ1) is 20.2. The Kier molecular flexibility index (Phi) is 7.25. The van der Waals surface area contributed by atoms with Crippen molar-refractivity contribution in [1.82, 2.24) is 10.3 Å². The summed E-state index contributed by atoms with van der Waals surface area (Å²) < 4.78 is 0. The monoisotopic (exact) mass is 399 g/mol. The number of amides is 1. The topological polar surface area (TPSA) is 68.0 Å². The Bertz CT molecular complexity index is 718. The minimum Gasteiger partial charge on any atom is -0.350 e. The lowest BCUT2D eigenvalue weighted by Crippen LogP contribution is -2.31. The van der Waals surface area contributed by atoms with Gasteiger partial charge in [-0.1, -0.05) is 30.2 Å². The van der Waals surface area contributed by atoms with Gasteiger partial charge < -0.3 is 11.1 Å². The second-order valence-electron chi connectivity index (χ2n) is 6.35. The zero-order valence-electron chi connectivity index (χ0n) is 14.1. The van der Waals surface area contributed by atoms with Gasteiger partial charge in [0.2, 0.25) is 5.91 Å². The number of hydrogen-bond donors (Lipinski definition) is 2. The van der Waals surface area contributed by atoms with E-state index in [1.807, 2.05) is 31.2 Å². The van der Waals surface area contributed by atoms with Crippen LogP contribution in [0.5, 0.6) is 0 Å². The maximum Gasteiger partial charge on any atom is 0.220 e. The highest BCUT2D eigenvalue weighted by Crippen LogP contribution is 2.29. The SMILES string of the molecule is Cc1sc(CNC(=O)C[C@@H]2CCC[C@H]2N)nc1-c1ccc(Cl)cc1.Cl. The van der Waals surface area contributed by atoms with Gasteiger partial charge in [0.15, 0.2) is 0 Å².